The number of fused-ring (bicyclic) bond motifs is 1. The van der Waals surface area contributed by atoms with E-state index < -0.39 is 0 Å². The molecule has 0 aromatic carbocycles. The second-order valence-corrected chi connectivity index (χ2v) is 4.56. The molecule has 1 saturated carbocycles. The van der Waals surface area contributed by atoms with Gasteiger partial charge in [-0.2, -0.15) is 0 Å². The number of carbonyl (C=O) groups excluding carboxylic acids is 1. The van der Waals surface area contributed by atoms with Crippen molar-refractivity contribution in [2.45, 2.75) is 12.8 Å². The Hall–Kier alpha value is -1.63. The number of carbonyl (C=O) groups is 1. The molecule has 16 heavy (non-hydrogen) atoms. The van der Waals surface area contributed by atoms with E-state index in [1.165, 1.54) is 6.42 Å². The topological polar surface area (TPSA) is 17.1 Å². The predicted molar refractivity (Wildman–Crippen MR) is 64.8 cm³/mol. The SMILES string of the molecule is O=C(C1=CC=CCC=C1)C1=CC2CC2C=C1. The van der Waals surface area contributed by atoms with Gasteiger partial charge < -0.3 is 0 Å². The molecule has 0 bridgehead atoms. The molecule has 0 N–H and O–H groups in total. The van der Waals surface area contributed by atoms with E-state index in [1.54, 1.807) is 0 Å². The summed E-state index contributed by atoms with van der Waals surface area (Å²) in [5, 5.41) is 0. The van der Waals surface area contributed by atoms with Crippen molar-refractivity contribution in [3.63, 3.8) is 0 Å². The fourth-order valence-electron chi connectivity index (χ4n) is 2.21. The summed E-state index contributed by atoms with van der Waals surface area (Å²) in [6, 6.07) is 0. The lowest BCUT2D eigenvalue weighted by molar-refractivity contribution is -0.111. The van der Waals surface area contributed by atoms with Gasteiger partial charge in [-0.3, -0.25) is 4.79 Å². The monoisotopic (exact) mass is 210 g/mol. The van der Waals surface area contributed by atoms with Crippen LogP contribution in [0.2, 0.25) is 0 Å². The van der Waals surface area contributed by atoms with Crippen molar-refractivity contribution in [3.05, 3.63) is 59.8 Å². The van der Waals surface area contributed by atoms with E-state index in [2.05, 4.69) is 18.2 Å². The highest BCUT2D eigenvalue weighted by Crippen LogP contribution is 2.44. The van der Waals surface area contributed by atoms with E-state index in [-0.39, 0.29) is 5.78 Å². The number of allylic oxidation sites excluding steroid dienone is 10. The van der Waals surface area contributed by atoms with E-state index >= 15 is 0 Å². The summed E-state index contributed by atoms with van der Waals surface area (Å²) in [6.45, 7) is 0. The third-order valence-electron chi connectivity index (χ3n) is 3.31. The molecular formula is C15H14O. The van der Waals surface area contributed by atoms with Crippen molar-refractivity contribution in [1.29, 1.82) is 0 Å². The molecule has 1 nitrogen and oxygen atoms in total. The van der Waals surface area contributed by atoms with Gasteiger partial charge in [-0.25, -0.2) is 0 Å². The van der Waals surface area contributed by atoms with Crippen molar-refractivity contribution >= 4 is 5.78 Å². The first-order valence-electron chi connectivity index (χ1n) is 5.83. The van der Waals surface area contributed by atoms with Crippen LogP contribution in [0.5, 0.6) is 0 Å². The first kappa shape index (κ1) is 9.59. The number of hydrogen-bond donors (Lipinski definition) is 0. The zero-order chi connectivity index (χ0) is 11.0. The van der Waals surface area contributed by atoms with E-state index in [1.807, 2.05) is 30.4 Å². The van der Waals surface area contributed by atoms with E-state index in [9.17, 15) is 4.79 Å². The largest absolute Gasteiger partial charge is 0.289 e. The van der Waals surface area contributed by atoms with Crippen LogP contribution in [0, 0.1) is 11.8 Å². The maximum Gasteiger partial charge on any atom is 0.192 e. The van der Waals surface area contributed by atoms with Crippen molar-refractivity contribution in [3.8, 4) is 0 Å². The van der Waals surface area contributed by atoms with Crippen LogP contribution in [-0.4, -0.2) is 5.78 Å². The van der Waals surface area contributed by atoms with Gasteiger partial charge in [0.25, 0.3) is 0 Å². The van der Waals surface area contributed by atoms with Crippen molar-refractivity contribution in [2.24, 2.45) is 11.8 Å². The minimum atomic E-state index is 0.157. The Morgan fingerprint density at radius 2 is 2.06 bits per heavy atom. The molecular weight excluding hydrogens is 196 g/mol. The summed E-state index contributed by atoms with van der Waals surface area (Å²) < 4.78 is 0. The Morgan fingerprint density at radius 1 is 1.12 bits per heavy atom. The Bertz CT molecular complexity index is 472. The Kier molecular flexibility index (Phi) is 2.24. The lowest BCUT2D eigenvalue weighted by atomic mass is 9.98. The second kappa shape index (κ2) is 3.75. The number of rotatable bonds is 2. The predicted octanol–water partition coefficient (Wildman–Crippen LogP) is 3.13. The van der Waals surface area contributed by atoms with E-state index in [4.69, 9.17) is 0 Å². The van der Waals surface area contributed by atoms with Gasteiger partial charge in [-0.05, 0) is 24.7 Å². The maximum atomic E-state index is 12.2. The molecule has 0 aromatic heterocycles. The fourth-order valence-corrected chi connectivity index (χ4v) is 2.21. The summed E-state index contributed by atoms with van der Waals surface area (Å²) >= 11 is 0. The molecule has 0 radical (unpaired) electrons. The summed E-state index contributed by atoms with van der Waals surface area (Å²) in [6.07, 6.45) is 18.3. The average Bonchev–Trinajstić information content (AvgIpc) is 3.10. The minimum Gasteiger partial charge on any atom is -0.289 e. The highest BCUT2D eigenvalue weighted by molar-refractivity contribution is 6.12. The minimum absolute atomic E-state index is 0.157. The normalized spacial score (nSPS) is 30.2. The molecule has 1 fully saturated rings. The summed E-state index contributed by atoms with van der Waals surface area (Å²) in [4.78, 5) is 12.2. The van der Waals surface area contributed by atoms with Crippen molar-refractivity contribution in [1.82, 2.24) is 0 Å². The van der Waals surface area contributed by atoms with Gasteiger partial charge in [0.05, 0.1) is 0 Å². The van der Waals surface area contributed by atoms with Crippen LogP contribution in [0.4, 0.5) is 0 Å². The third kappa shape index (κ3) is 1.73. The lowest BCUT2D eigenvalue weighted by Crippen LogP contribution is -2.05. The van der Waals surface area contributed by atoms with Gasteiger partial charge in [-0.15, -0.1) is 0 Å². The van der Waals surface area contributed by atoms with E-state index in [0.29, 0.717) is 5.92 Å². The quantitative estimate of drug-likeness (QED) is 0.684. The number of ketones is 1. The van der Waals surface area contributed by atoms with Crippen LogP contribution in [0.25, 0.3) is 0 Å². The average molecular weight is 210 g/mol. The molecule has 0 spiro atoms. The van der Waals surface area contributed by atoms with Crippen LogP contribution in [0.3, 0.4) is 0 Å². The summed E-state index contributed by atoms with van der Waals surface area (Å²) in [5.41, 5.74) is 1.66. The molecule has 80 valence electrons. The summed E-state index contributed by atoms with van der Waals surface area (Å²) in [7, 11) is 0. The van der Waals surface area contributed by atoms with Gasteiger partial charge in [0.15, 0.2) is 5.78 Å². The Balaban J connectivity index is 1.85. The molecule has 0 aliphatic heterocycles. The second-order valence-electron chi connectivity index (χ2n) is 4.56. The molecule has 3 aliphatic rings. The number of hydrogen-bond acceptors (Lipinski definition) is 1. The third-order valence-corrected chi connectivity index (χ3v) is 3.31. The van der Waals surface area contributed by atoms with Crippen LogP contribution in [0.15, 0.2) is 59.8 Å². The first-order chi connectivity index (χ1) is 7.84. The number of Topliss-reactive ketones (excluding diaryl/α,β-unsaturated/α-hetero) is 1. The van der Waals surface area contributed by atoms with Crippen LogP contribution in [0.1, 0.15) is 12.8 Å². The smallest absolute Gasteiger partial charge is 0.192 e. The molecule has 0 amide bonds. The molecule has 0 saturated heterocycles. The van der Waals surface area contributed by atoms with Gasteiger partial charge in [0.2, 0.25) is 0 Å². The standard InChI is InChI=1S/C15H14O/c16-15(11-5-3-1-2-4-6-11)13-8-7-12-9-14(12)10-13/h1,3-8,10,12,14H,2,9H2. The molecule has 2 atom stereocenters. The highest BCUT2D eigenvalue weighted by atomic mass is 16.1. The molecule has 0 aromatic rings. The maximum absolute atomic E-state index is 12.2. The Morgan fingerprint density at radius 3 is 2.94 bits per heavy atom. The molecule has 3 aliphatic carbocycles. The molecule has 2 unspecified atom stereocenters. The van der Waals surface area contributed by atoms with Gasteiger partial charge >= 0.3 is 0 Å². The molecule has 0 heterocycles. The fraction of sp³-hybridized carbons (Fsp3) is 0.267. The zero-order valence-electron chi connectivity index (χ0n) is 9.10. The lowest BCUT2D eigenvalue weighted by Gasteiger charge is -2.05. The first-order valence-corrected chi connectivity index (χ1v) is 5.83. The van der Waals surface area contributed by atoms with Crippen LogP contribution >= 0.6 is 0 Å². The molecule has 1 heteroatoms. The summed E-state index contributed by atoms with van der Waals surface area (Å²) in [5.74, 6) is 1.51. The zero-order valence-corrected chi connectivity index (χ0v) is 9.10. The van der Waals surface area contributed by atoms with Crippen LogP contribution < -0.4 is 0 Å². The Labute approximate surface area is 95.5 Å². The van der Waals surface area contributed by atoms with Gasteiger partial charge in [0.1, 0.15) is 0 Å². The highest BCUT2D eigenvalue weighted by Gasteiger charge is 2.36. The van der Waals surface area contributed by atoms with Gasteiger partial charge in [0, 0.05) is 11.1 Å². The van der Waals surface area contributed by atoms with Gasteiger partial charge in [-0.1, -0.05) is 48.6 Å². The van der Waals surface area contributed by atoms with Crippen molar-refractivity contribution < 1.29 is 4.79 Å². The van der Waals surface area contributed by atoms with E-state index in [0.717, 1.165) is 23.5 Å². The molecule has 3 rings (SSSR count). The van der Waals surface area contributed by atoms with Crippen LogP contribution in [-0.2, 0) is 4.79 Å². The van der Waals surface area contributed by atoms with Crippen molar-refractivity contribution in [2.75, 3.05) is 0 Å².